The van der Waals surface area contributed by atoms with Gasteiger partial charge in [0.1, 0.15) is 5.82 Å². The maximum absolute atomic E-state index is 5.42. The Morgan fingerprint density at radius 1 is 0.404 bits per heavy atom. The molecule has 4 heterocycles. The second kappa shape index (κ2) is 10.3. The van der Waals surface area contributed by atoms with Crippen molar-refractivity contribution in [2.75, 3.05) is 0 Å². The minimum absolute atomic E-state index is 0.912. The van der Waals surface area contributed by atoms with Crippen LogP contribution >= 0.6 is 0 Å². The van der Waals surface area contributed by atoms with Gasteiger partial charge in [0.15, 0.2) is 0 Å². The lowest BCUT2D eigenvalue weighted by atomic mass is 9.99. The highest BCUT2D eigenvalue weighted by atomic mass is 15.1. The van der Waals surface area contributed by atoms with Crippen LogP contribution in [0.15, 0.2) is 170 Å². The first-order chi connectivity index (χ1) is 25.8. The summed E-state index contributed by atoms with van der Waals surface area (Å²) in [7, 11) is 0. The molecule has 12 rings (SSSR count). The smallest absolute Gasteiger partial charge is 0.138 e. The van der Waals surface area contributed by atoms with Crippen LogP contribution in [0.2, 0.25) is 0 Å². The molecule has 7 aromatic carbocycles. The Morgan fingerprint density at radius 2 is 1.13 bits per heavy atom. The van der Waals surface area contributed by atoms with E-state index >= 15 is 0 Å². The maximum atomic E-state index is 5.42. The number of fused-ring (bicyclic) bond motifs is 11. The van der Waals surface area contributed by atoms with Crippen LogP contribution < -0.4 is 0 Å². The van der Waals surface area contributed by atoms with E-state index < -0.39 is 0 Å². The zero-order valence-corrected chi connectivity index (χ0v) is 28.0. The first-order valence-electron chi connectivity index (χ1n) is 17.7. The van der Waals surface area contributed by atoms with Crippen LogP contribution in [0.4, 0.5) is 0 Å². The summed E-state index contributed by atoms with van der Waals surface area (Å²) in [5, 5.41) is 8.62. The van der Waals surface area contributed by atoms with Gasteiger partial charge in [-0.15, -0.1) is 0 Å². The fraction of sp³-hybridized carbons (Fsp3) is 0. The third kappa shape index (κ3) is 3.70. The number of pyridine rings is 2. The Labute approximate surface area is 298 Å². The predicted molar refractivity (Wildman–Crippen MR) is 216 cm³/mol. The van der Waals surface area contributed by atoms with Gasteiger partial charge in [-0.05, 0) is 100 Å². The number of nitrogens with zero attached hydrogens (tertiary/aromatic N) is 4. The van der Waals surface area contributed by atoms with E-state index in [4.69, 9.17) is 4.98 Å². The minimum Gasteiger partial charge on any atom is -0.309 e. The predicted octanol–water partition coefficient (Wildman–Crippen LogP) is 12.3. The molecule has 0 radical (unpaired) electrons. The van der Waals surface area contributed by atoms with Crippen LogP contribution in [-0.4, -0.2) is 19.1 Å². The highest BCUT2D eigenvalue weighted by molar-refractivity contribution is 6.22. The Balaban J connectivity index is 1.10. The quantitative estimate of drug-likeness (QED) is 0.189. The van der Waals surface area contributed by atoms with Gasteiger partial charge in [-0.3, -0.25) is 9.55 Å². The van der Waals surface area contributed by atoms with Gasteiger partial charge in [0.25, 0.3) is 0 Å². The first-order valence-corrected chi connectivity index (χ1v) is 17.7. The van der Waals surface area contributed by atoms with Crippen LogP contribution in [-0.2, 0) is 0 Å². The van der Waals surface area contributed by atoms with Crippen molar-refractivity contribution in [3.63, 3.8) is 0 Å². The molecule has 0 spiro atoms. The molecule has 4 heteroatoms. The molecule has 4 nitrogen and oxygen atoms in total. The number of aromatic nitrogens is 4. The molecule has 52 heavy (non-hydrogen) atoms. The van der Waals surface area contributed by atoms with E-state index in [1.54, 1.807) is 0 Å². The lowest BCUT2D eigenvalue weighted by Crippen LogP contribution is -1.98. The third-order valence-corrected chi connectivity index (χ3v) is 11.1. The van der Waals surface area contributed by atoms with Crippen LogP contribution in [0.3, 0.4) is 0 Å². The first kappa shape index (κ1) is 27.7. The second-order valence-electron chi connectivity index (χ2n) is 13.8. The molecule has 4 aromatic heterocycles. The highest BCUT2D eigenvalue weighted by Crippen LogP contribution is 2.47. The molecular formula is C48H28N4. The standard InChI is InChI=1S/C48H28N4/c1-2-10-32(11-3-1)51-41-16-7-6-13-34(41)38-27-30(18-21-42(38)51)31-19-22-43-39(28-31)47-33-12-5-4-9-29(33)17-23-44(47)52(43)45-24-20-36-35-14-8-15-40-46(35)37(25-26-49-40)48(36)50-45/h1-28H. The number of rotatable bonds is 3. The highest BCUT2D eigenvalue weighted by Gasteiger charge is 2.25. The number of para-hydroxylation sites is 2. The molecule has 0 atom stereocenters. The lowest BCUT2D eigenvalue weighted by molar-refractivity contribution is 1.09. The molecule has 240 valence electrons. The average Bonchev–Trinajstić information content (AvgIpc) is 3.84. The summed E-state index contributed by atoms with van der Waals surface area (Å²) in [6, 6.07) is 59.3. The summed E-state index contributed by atoms with van der Waals surface area (Å²) in [6.45, 7) is 0. The molecule has 0 saturated heterocycles. The van der Waals surface area contributed by atoms with Crippen LogP contribution in [0, 0.1) is 0 Å². The Hall–Kier alpha value is -7.04. The molecule has 0 unspecified atom stereocenters. The van der Waals surface area contributed by atoms with Crippen LogP contribution in [0.5, 0.6) is 0 Å². The van der Waals surface area contributed by atoms with Gasteiger partial charge < -0.3 is 4.57 Å². The molecule has 0 aliphatic heterocycles. The summed E-state index contributed by atoms with van der Waals surface area (Å²) < 4.78 is 4.72. The normalized spacial score (nSPS) is 12.2. The van der Waals surface area contributed by atoms with Gasteiger partial charge >= 0.3 is 0 Å². The average molecular weight is 661 g/mol. The zero-order chi connectivity index (χ0) is 33.9. The number of benzene rings is 7. The second-order valence-corrected chi connectivity index (χ2v) is 13.8. The summed E-state index contributed by atoms with van der Waals surface area (Å²) in [6.07, 6.45) is 1.90. The van der Waals surface area contributed by atoms with Crippen molar-refractivity contribution in [3.8, 4) is 45.0 Å². The van der Waals surface area contributed by atoms with E-state index in [0.29, 0.717) is 0 Å². The lowest BCUT2D eigenvalue weighted by Gasteiger charge is -2.10. The van der Waals surface area contributed by atoms with Gasteiger partial charge in [-0.1, -0.05) is 91.0 Å². The van der Waals surface area contributed by atoms with Crippen molar-refractivity contribution in [1.82, 2.24) is 19.1 Å². The van der Waals surface area contributed by atoms with Gasteiger partial charge in [0.2, 0.25) is 0 Å². The Morgan fingerprint density at radius 3 is 2.02 bits per heavy atom. The van der Waals surface area contributed by atoms with Crippen molar-refractivity contribution in [2.24, 2.45) is 0 Å². The third-order valence-electron chi connectivity index (χ3n) is 11.1. The maximum Gasteiger partial charge on any atom is 0.138 e. The summed E-state index contributed by atoms with van der Waals surface area (Å²) in [4.78, 5) is 10.1. The van der Waals surface area contributed by atoms with E-state index in [2.05, 4.69) is 178 Å². The zero-order valence-electron chi connectivity index (χ0n) is 28.0. The van der Waals surface area contributed by atoms with Crippen molar-refractivity contribution in [1.29, 1.82) is 0 Å². The molecule has 0 N–H and O–H groups in total. The molecule has 1 aliphatic carbocycles. The summed E-state index contributed by atoms with van der Waals surface area (Å²) in [5.74, 6) is 0.912. The molecule has 0 amide bonds. The molecule has 11 aromatic rings. The number of hydrogen-bond donors (Lipinski definition) is 0. The van der Waals surface area contributed by atoms with Crippen LogP contribution in [0.25, 0.3) is 110 Å². The topological polar surface area (TPSA) is 35.6 Å². The molecule has 0 saturated carbocycles. The Kier molecular flexibility index (Phi) is 5.47. The van der Waals surface area contributed by atoms with Gasteiger partial charge in [-0.25, -0.2) is 4.98 Å². The van der Waals surface area contributed by atoms with E-state index in [1.165, 1.54) is 71.1 Å². The fourth-order valence-electron chi connectivity index (χ4n) is 8.85. The van der Waals surface area contributed by atoms with Crippen molar-refractivity contribution in [3.05, 3.63) is 170 Å². The van der Waals surface area contributed by atoms with Crippen molar-refractivity contribution < 1.29 is 0 Å². The molecule has 0 bridgehead atoms. The van der Waals surface area contributed by atoms with Gasteiger partial charge in [0, 0.05) is 49.9 Å². The molecular weight excluding hydrogens is 633 g/mol. The van der Waals surface area contributed by atoms with E-state index in [-0.39, 0.29) is 0 Å². The van der Waals surface area contributed by atoms with E-state index in [1.807, 2.05) is 6.20 Å². The molecule has 1 aliphatic rings. The Bertz CT molecular complexity index is 3290. The SMILES string of the molecule is c1ccc(-n2c3ccccc3c3cc(-c4ccc5c(c4)c4c6ccccc6ccc4n5-c4ccc5c(n4)-c4ccnc6cccc-5c46)ccc32)cc1. The summed E-state index contributed by atoms with van der Waals surface area (Å²) >= 11 is 0. The largest absolute Gasteiger partial charge is 0.309 e. The van der Waals surface area contributed by atoms with E-state index in [9.17, 15) is 0 Å². The van der Waals surface area contributed by atoms with Gasteiger partial charge in [-0.2, -0.15) is 0 Å². The molecule has 0 fully saturated rings. The van der Waals surface area contributed by atoms with Crippen LogP contribution in [0.1, 0.15) is 0 Å². The number of hydrogen-bond acceptors (Lipinski definition) is 2. The monoisotopic (exact) mass is 660 g/mol. The van der Waals surface area contributed by atoms with E-state index in [0.717, 1.165) is 39.2 Å². The summed E-state index contributed by atoms with van der Waals surface area (Å²) in [5.41, 5.74) is 13.8. The van der Waals surface area contributed by atoms with Crippen molar-refractivity contribution >= 4 is 65.3 Å². The van der Waals surface area contributed by atoms with Gasteiger partial charge in [0.05, 0.1) is 33.3 Å². The van der Waals surface area contributed by atoms with Crippen molar-refractivity contribution in [2.45, 2.75) is 0 Å². The minimum atomic E-state index is 0.912. The fourth-order valence-corrected chi connectivity index (χ4v) is 8.85.